The Morgan fingerprint density at radius 1 is 0.968 bits per heavy atom. The molecule has 2 aromatic carbocycles. The largest absolute Gasteiger partial charge is 0.495 e. The van der Waals surface area contributed by atoms with E-state index >= 15 is 0 Å². The second-order valence-electron chi connectivity index (χ2n) is 8.01. The molecule has 0 unspecified atom stereocenters. The highest BCUT2D eigenvalue weighted by Gasteiger charge is 2.18. The van der Waals surface area contributed by atoms with Crippen LogP contribution in [0.3, 0.4) is 0 Å². The number of ether oxygens (including phenoxy) is 1. The maximum absolute atomic E-state index is 13.0. The fraction of sp³-hybridized carbons (Fsp3) is 0.200. The van der Waals surface area contributed by atoms with E-state index in [1.165, 1.54) is 18.4 Å². The van der Waals surface area contributed by atoms with Gasteiger partial charge in [-0.25, -0.2) is 0 Å². The first-order valence-corrected chi connectivity index (χ1v) is 10.8. The van der Waals surface area contributed by atoms with Crippen LogP contribution in [0.15, 0.2) is 71.7 Å². The van der Waals surface area contributed by atoms with E-state index < -0.39 is 5.91 Å². The van der Waals surface area contributed by atoms with Gasteiger partial charge in [0, 0.05) is 10.4 Å². The van der Waals surface area contributed by atoms with E-state index in [1.807, 2.05) is 35.7 Å². The van der Waals surface area contributed by atoms with Gasteiger partial charge in [-0.1, -0.05) is 51.1 Å². The van der Waals surface area contributed by atoms with Crippen LogP contribution in [0.4, 0.5) is 5.69 Å². The number of amides is 2. The molecule has 0 bridgehead atoms. The fourth-order valence-electron chi connectivity index (χ4n) is 2.93. The number of anilines is 1. The van der Waals surface area contributed by atoms with Crippen LogP contribution in [0.2, 0.25) is 0 Å². The molecule has 0 saturated heterocycles. The van der Waals surface area contributed by atoms with Crippen molar-refractivity contribution in [2.45, 2.75) is 26.2 Å². The highest BCUT2D eigenvalue weighted by molar-refractivity contribution is 7.10. The molecule has 1 heterocycles. The zero-order valence-electron chi connectivity index (χ0n) is 18.1. The first-order valence-electron chi connectivity index (χ1n) is 9.89. The summed E-state index contributed by atoms with van der Waals surface area (Å²) < 4.78 is 5.30. The van der Waals surface area contributed by atoms with Gasteiger partial charge in [0.2, 0.25) is 0 Å². The monoisotopic (exact) mass is 434 g/mol. The van der Waals surface area contributed by atoms with Crippen molar-refractivity contribution in [2.75, 3.05) is 12.4 Å². The smallest absolute Gasteiger partial charge is 0.272 e. The molecular weight excluding hydrogens is 408 g/mol. The number of benzene rings is 2. The quantitative estimate of drug-likeness (QED) is 0.506. The van der Waals surface area contributed by atoms with E-state index in [0.29, 0.717) is 17.0 Å². The molecule has 31 heavy (non-hydrogen) atoms. The Bertz CT molecular complexity index is 1080. The molecule has 160 valence electrons. The Labute approximate surface area is 186 Å². The normalized spacial score (nSPS) is 11.7. The fourth-order valence-corrected chi connectivity index (χ4v) is 3.58. The van der Waals surface area contributed by atoms with E-state index in [2.05, 4.69) is 31.4 Å². The molecule has 0 radical (unpaired) electrons. The van der Waals surface area contributed by atoms with Gasteiger partial charge in [-0.05, 0) is 52.8 Å². The number of carbonyl (C=O) groups excluding carboxylic acids is 2. The summed E-state index contributed by atoms with van der Waals surface area (Å²) in [6, 6.07) is 18.3. The third kappa shape index (κ3) is 5.83. The minimum absolute atomic E-state index is 0.00609. The second-order valence-corrected chi connectivity index (χ2v) is 8.99. The van der Waals surface area contributed by atoms with Crippen LogP contribution in [-0.2, 0) is 10.2 Å². The molecule has 6 heteroatoms. The number of para-hydroxylation sites is 2. The second kappa shape index (κ2) is 9.62. The summed E-state index contributed by atoms with van der Waals surface area (Å²) in [5.74, 6) is -0.244. The summed E-state index contributed by atoms with van der Waals surface area (Å²) in [5.41, 5.74) is 2.28. The first kappa shape index (κ1) is 22.3. The lowest BCUT2D eigenvalue weighted by Gasteiger charge is -2.19. The van der Waals surface area contributed by atoms with Gasteiger partial charge in [-0.2, -0.15) is 0 Å². The number of hydrogen-bond donors (Lipinski definition) is 2. The Morgan fingerprint density at radius 3 is 2.29 bits per heavy atom. The Kier molecular flexibility index (Phi) is 6.92. The SMILES string of the molecule is COc1ccccc1NC(=O)C(=Cc1cccs1)NC(=O)c1ccc(C(C)(C)C)cc1. The summed E-state index contributed by atoms with van der Waals surface area (Å²) in [4.78, 5) is 26.7. The van der Waals surface area contributed by atoms with Crippen molar-refractivity contribution in [1.29, 1.82) is 0 Å². The number of carbonyl (C=O) groups is 2. The van der Waals surface area contributed by atoms with Gasteiger partial charge < -0.3 is 15.4 Å². The van der Waals surface area contributed by atoms with Gasteiger partial charge in [0.1, 0.15) is 11.4 Å². The van der Waals surface area contributed by atoms with Gasteiger partial charge in [-0.3, -0.25) is 9.59 Å². The van der Waals surface area contributed by atoms with Crippen LogP contribution >= 0.6 is 11.3 Å². The molecule has 5 nitrogen and oxygen atoms in total. The van der Waals surface area contributed by atoms with E-state index in [0.717, 1.165) is 10.4 Å². The van der Waals surface area contributed by atoms with E-state index in [-0.39, 0.29) is 17.0 Å². The molecule has 2 amide bonds. The molecule has 2 N–H and O–H groups in total. The van der Waals surface area contributed by atoms with E-state index in [1.54, 1.807) is 36.4 Å². The van der Waals surface area contributed by atoms with Crippen molar-refractivity contribution < 1.29 is 14.3 Å². The maximum atomic E-state index is 13.0. The minimum Gasteiger partial charge on any atom is -0.495 e. The van der Waals surface area contributed by atoms with E-state index in [4.69, 9.17) is 4.74 Å². The van der Waals surface area contributed by atoms with Crippen LogP contribution in [0, 0.1) is 0 Å². The summed E-state index contributed by atoms with van der Waals surface area (Å²) in [5, 5.41) is 7.49. The van der Waals surface area contributed by atoms with Crippen molar-refractivity contribution in [3.05, 3.63) is 87.7 Å². The lowest BCUT2D eigenvalue weighted by atomic mass is 9.87. The molecule has 0 aliphatic heterocycles. The number of rotatable bonds is 6. The first-order chi connectivity index (χ1) is 14.8. The van der Waals surface area contributed by atoms with Crippen molar-refractivity contribution in [3.63, 3.8) is 0 Å². The van der Waals surface area contributed by atoms with Crippen LogP contribution < -0.4 is 15.4 Å². The van der Waals surface area contributed by atoms with E-state index in [9.17, 15) is 9.59 Å². The molecule has 0 aliphatic carbocycles. The Morgan fingerprint density at radius 2 is 1.68 bits per heavy atom. The Balaban J connectivity index is 1.84. The average Bonchev–Trinajstić information content (AvgIpc) is 3.26. The summed E-state index contributed by atoms with van der Waals surface area (Å²) in [7, 11) is 1.54. The molecule has 0 spiro atoms. The average molecular weight is 435 g/mol. The topological polar surface area (TPSA) is 67.4 Å². The third-order valence-electron chi connectivity index (χ3n) is 4.69. The maximum Gasteiger partial charge on any atom is 0.272 e. The predicted molar refractivity (Wildman–Crippen MR) is 127 cm³/mol. The highest BCUT2D eigenvalue weighted by atomic mass is 32.1. The molecule has 0 saturated carbocycles. The van der Waals surface area contributed by atoms with Crippen molar-refractivity contribution in [3.8, 4) is 5.75 Å². The van der Waals surface area contributed by atoms with Crippen LogP contribution in [0.1, 0.15) is 41.6 Å². The predicted octanol–water partition coefficient (Wildman–Crippen LogP) is 5.46. The number of hydrogen-bond acceptors (Lipinski definition) is 4. The molecule has 0 atom stereocenters. The summed E-state index contributed by atoms with van der Waals surface area (Å²) in [6.07, 6.45) is 1.66. The van der Waals surface area contributed by atoms with Gasteiger partial charge in [-0.15, -0.1) is 11.3 Å². The van der Waals surface area contributed by atoms with Gasteiger partial charge in [0.05, 0.1) is 12.8 Å². The van der Waals surface area contributed by atoms with Gasteiger partial charge in [0.15, 0.2) is 0 Å². The molecule has 0 fully saturated rings. The van der Waals surface area contributed by atoms with Crippen LogP contribution in [0.25, 0.3) is 6.08 Å². The standard InChI is InChI=1S/C25H26N2O3S/c1-25(2,3)18-13-11-17(12-14-18)23(28)27-21(16-19-8-7-15-31-19)24(29)26-20-9-5-6-10-22(20)30-4/h5-16H,1-4H3,(H,26,29)(H,27,28). The van der Waals surface area contributed by atoms with Crippen molar-refractivity contribution in [2.24, 2.45) is 0 Å². The lowest BCUT2D eigenvalue weighted by Crippen LogP contribution is -2.30. The molecular formula is C25H26N2O3S. The summed E-state index contributed by atoms with van der Waals surface area (Å²) >= 11 is 1.48. The lowest BCUT2D eigenvalue weighted by molar-refractivity contribution is -0.113. The van der Waals surface area contributed by atoms with Crippen LogP contribution in [-0.4, -0.2) is 18.9 Å². The minimum atomic E-state index is -0.433. The number of nitrogens with one attached hydrogen (secondary N) is 2. The third-order valence-corrected chi connectivity index (χ3v) is 5.51. The van der Waals surface area contributed by atoms with Crippen LogP contribution in [0.5, 0.6) is 5.75 Å². The number of thiophene rings is 1. The molecule has 3 rings (SSSR count). The zero-order chi connectivity index (χ0) is 22.4. The zero-order valence-corrected chi connectivity index (χ0v) is 18.9. The van der Waals surface area contributed by atoms with Gasteiger partial charge in [0.25, 0.3) is 11.8 Å². The van der Waals surface area contributed by atoms with Gasteiger partial charge >= 0.3 is 0 Å². The Hall–Kier alpha value is -3.38. The molecule has 3 aromatic rings. The van der Waals surface area contributed by atoms with Crippen molar-refractivity contribution in [1.82, 2.24) is 5.32 Å². The molecule has 0 aliphatic rings. The molecule has 1 aromatic heterocycles. The summed E-state index contributed by atoms with van der Waals surface area (Å²) in [6.45, 7) is 6.35. The van der Waals surface area contributed by atoms with Crippen molar-refractivity contribution >= 4 is 34.9 Å². The number of methoxy groups -OCH3 is 1. The highest BCUT2D eigenvalue weighted by Crippen LogP contribution is 2.24.